The molecule has 2 aromatic carbocycles. The molecule has 0 atom stereocenters. The molecule has 7 heteroatoms. The maximum absolute atomic E-state index is 6.37. The van der Waals surface area contributed by atoms with E-state index in [9.17, 15) is 0 Å². The molecule has 0 unspecified atom stereocenters. The van der Waals surface area contributed by atoms with E-state index in [4.69, 9.17) is 25.7 Å². The fraction of sp³-hybridized carbons (Fsp3) is 0.323. The smallest absolute Gasteiger partial charge is 0.247 e. The lowest BCUT2D eigenvalue weighted by molar-refractivity contribution is 0.225. The van der Waals surface area contributed by atoms with Gasteiger partial charge in [-0.15, -0.1) is 10.2 Å². The summed E-state index contributed by atoms with van der Waals surface area (Å²) in [6.07, 6.45) is 6.81. The number of likely N-dealkylation sites (tertiary alicyclic amines) is 1. The molecule has 194 valence electrons. The highest BCUT2D eigenvalue weighted by molar-refractivity contribution is 6.30. The third-order valence-corrected chi connectivity index (χ3v) is 7.58. The van der Waals surface area contributed by atoms with E-state index in [0.29, 0.717) is 24.9 Å². The summed E-state index contributed by atoms with van der Waals surface area (Å²) < 4.78 is 11.7. The normalized spacial score (nSPS) is 15.6. The van der Waals surface area contributed by atoms with Gasteiger partial charge in [0.15, 0.2) is 0 Å². The van der Waals surface area contributed by atoms with Crippen molar-refractivity contribution in [2.24, 2.45) is 0 Å². The number of halogens is 1. The minimum absolute atomic E-state index is 0.540. The number of rotatable bonds is 6. The molecule has 2 aliphatic rings. The number of benzene rings is 2. The molecule has 0 N–H and O–H groups in total. The Bertz CT molecular complexity index is 1450. The average Bonchev–Trinajstić information content (AvgIpc) is 3.35. The van der Waals surface area contributed by atoms with Gasteiger partial charge in [0.2, 0.25) is 11.8 Å². The first-order chi connectivity index (χ1) is 18.7. The summed E-state index contributed by atoms with van der Waals surface area (Å²) in [5.41, 5.74) is 8.69. The molecular formula is C31H31ClN4O2. The third-order valence-electron chi connectivity index (χ3n) is 7.34. The van der Waals surface area contributed by atoms with Crippen LogP contribution in [0.25, 0.3) is 17.0 Å². The Morgan fingerprint density at radius 2 is 1.76 bits per heavy atom. The Kier molecular flexibility index (Phi) is 7.25. The second kappa shape index (κ2) is 11.1. The molecule has 1 aliphatic heterocycles. The number of hydrogen-bond acceptors (Lipinski definition) is 6. The predicted octanol–water partition coefficient (Wildman–Crippen LogP) is 6.77. The average molecular weight is 527 g/mol. The van der Waals surface area contributed by atoms with E-state index in [0.717, 1.165) is 67.2 Å². The summed E-state index contributed by atoms with van der Waals surface area (Å²) in [5.74, 6) is 2.04. The van der Waals surface area contributed by atoms with E-state index in [2.05, 4.69) is 40.2 Å². The van der Waals surface area contributed by atoms with Crippen LogP contribution in [-0.2, 0) is 19.4 Å². The number of pyridine rings is 1. The SMILES string of the molecule is CCCOc1ccc(-c2nnc(CN3CCC(=C4c5ccc(Cl)cc5CCc5cccnc54)CC3)o2)cc1. The van der Waals surface area contributed by atoms with Crippen molar-refractivity contribution in [1.29, 1.82) is 0 Å². The Labute approximate surface area is 228 Å². The van der Waals surface area contributed by atoms with Crippen LogP contribution in [0.15, 0.2) is 70.8 Å². The van der Waals surface area contributed by atoms with E-state index in [1.807, 2.05) is 42.6 Å². The van der Waals surface area contributed by atoms with Crippen molar-refractivity contribution in [3.63, 3.8) is 0 Å². The summed E-state index contributed by atoms with van der Waals surface area (Å²) in [4.78, 5) is 7.24. The largest absolute Gasteiger partial charge is 0.494 e. The van der Waals surface area contributed by atoms with E-state index in [1.165, 1.54) is 27.8 Å². The van der Waals surface area contributed by atoms with Crippen LogP contribution in [0.2, 0.25) is 5.02 Å². The van der Waals surface area contributed by atoms with Crippen molar-refractivity contribution >= 4 is 17.2 Å². The molecule has 1 aliphatic carbocycles. The Morgan fingerprint density at radius 3 is 2.58 bits per heavy atom. The predicted molar refractivity (Wildman–Crippen MR) is 149 cm³/mol. The second-order valence-electron chi connectivity index (χ2n) is 9.94. The number of hydrogen-bond donors (Lipinski definition) is 0. The highest BCUT2D eigenvalue weighted by Crippen LogP contribution is 2.38. The highest BCUT2D eigenvalue weighted by atomic mass is 35.5. The van der Waals surface area contributed by atoms with Gasteiger partial charge >= 0.3 is 0 Å². The Hall–Kier alpha value is -3.48. The second-order valence-corrected chi connectivity index (χ2v) is 10.4. The van der Waals surface area contributed by atoms with E-state index in [-0.39, 0.29) is 0 Å². The zero-order chi connectivity index (χ0) is 25.9. The third kappa shape index (κ3) is 5.24. The Balaban J connectivity index is 1.18. The van der Waals surface area contributed by atoms with Gasteiger partial charge in [-0.25, -0.2) is 0 Å². The van der Waals surface area contributed by atoms with Gasteiger partial charge in [0.1, 0.15) is 5.75 Å². The van der Waals surface area contributed by atoms with Crippen molar-refractivity contribution in [3.05, 3.63) is 99.7 Å². The molecule has 0 bridgehead atoms. The number of ether oxygens (including phenoxy) is 1. The molecule has 1 fully saturated rings. The molecule has 0 amide bonds. The van der Waals surface area contributed by atoms with Crippen LogP contribution in [0.5, 0.6) is 5.75 Å². The fourth-order valence-corrected chi connectivity index (χ4v) is 5.60. The fourth-order valence-electron chi connectivity index (χ4n) is 5.40. The molecule has 4 aromatic rings. The maximum Gasteiger partial charge on any atom is 0.247 e. The van der Waals surface area contributed by atoms with E-state index < -0.39 is 0 Å². The van der Waals surface area contributed by atoms with Gasteiger partial charge in [-0.1, -0.05) is 36.2 Å². The van der Waals surface area contributed by atoms with E-state index >= 15 is 0 Å². The maximum atomic E-state index is 6.37. The molecule has 2 aromatic heterocycles. The highest BCUT2D eigenvalue weighted by Gasteiger charge is 2.25. The van der Waals surface area contributed by atoms with Gasteiger partial charge in [-0.2, -0.15) is 0 Å². The number of aryl methyl sites for hydroxylation is 2. The van der Waals surface area contributed by atoms with Crippen LogP contribution < -0.4 is 4.74 Å². The lowest BCUT2D eigenvalue weighted by Crippen LogP contribution is -2.30. The van der Waals surface area contributed by atoms with Crippen LogP contribution in [-0.4, -0.2) is 39.8 Å². The lowest BCUT2D eigenvalue weighted by atomic mass is 9.88. The van der Waals surface area contributed by atoms with Crippen molar-refractivity contribution in [3.8, 4) is 17.2 Å². The zero-order valence-electron chi connectivity index (χ0n) is 21.6. The Morgan fingerprint density at radius 1 is 0.947 bits per heavy atom. The number of nitrogens with zero attached hydrogens (tertiary/aromatic N) is 4. The topological polar surface area (TPSA) is 64.3 Å². The van der Waals surface area contributed by atoms with Crippen LogP contribution in [0.3, 0.4) is 0 Å². The van der Waals surface area contributed by atoms with Crippen LogP contribution in [0.1, 0.15) is 54.5 Å². The van der Waals surface area contributed by atoms with E-state index in [1.54, 1.807) is 0 Å². The first-order valence-electron chi connectivity index (χ1n) is 13.4. The lowest BCUT2D eigenvalue weighted by Gasteiger charge is -2.29. The van der Waals surface area contributed by atoms with Crippen molar-refractivity contribution in [2.45, 2.75) is 45.6 Å². The minimum atomic E-state index is 0.540. The number of fused-ring (bicyclic) bond motifs is 2. The monoisotopic (exact) mass is 526 g/mol. The molecule has 6 rings (SSSR count). The van der Waals surface area contributed by atoms with Crippen LogP contribution in [0, 0.1) is 0 Å². The van der Waals surface area contributed by atoms with Gasteiger partial charge in [0, 0.05) is 35.4 Å². The molecule has 0 radical (unpaired) electrons. The molecule has 0 saturated carbocycles. The molecule has 38 heavy (non-hydrogen) atoms. The van der Waals surface area contributed by atoms with Crippen molar-refractivity contribution < 1.29 is 9.15 Å². The van der Waals surface area contributed by atoms with Gasteiger partial charge < -0.3 is 9.15 Å². The zero-order valence-corrected chi connectivity index (χ0v) is 22.4. The summed E-state index contributed by atoms with van der Waals surface area (Å²) in [6.45, 7) is 5.32. The number of aromatic nitrogens is 3. The van der Waals surface area contributed by atoms with Gasteiger partial charge in [0.25, 0.3) is 0 Å². The molecule has 3 heterocycles. The van der Waals surface area contributed by atoms with Crippen LogP contribution in [0.4, 0.5) is 0 Å². The molecular weight excluding hydrogens is 496 g/mol. The summed E-state index contributed by atoms with van der Waals surface area (Å²) in [5, 5.41) is 9.40. The van der Waals surface area contributed by atoms with Crippen molar-refractivity contribution in [1.82, 2.24) is 20.1 Å². The summed E-state index contributed by atoms with van der Waals surface area (Å²) >= 11 is 6.37. The molecule has 1 saturated heterocycles. The minimum Gasteiger partial charge on any atom is -0.494 e. The quantitative estimate of drug-likeness (QED) is 0.276. The van der Waals surface area contributed by atoms with Gasteiger partial charge in [-0.05, 0) is 91.3 Å². The summed E-state index contributed by atoms with van der Waals surface area (Å²) in [6, 6.07) is 18.4. The molecule has 6 nitrogen and oxygen atoms in total. The van der Waals surface area contributed by atoms with Gasteiger partial charge in [-0.3, -0.25) is 9.88 Å². The molecule has 0 spiro atoms. The van der Waals surface area contributed by atoms with Crippen molar-refractivity contribution in [2.75, 3.05) is 19.7 Å². The first kappa shape index (κ1) is 24.8. The van der Waals surface area contributed by atoms with Crippen LogP contribution >= 0.6 is 11.6 Å². The summed E-state index contributed by atoms with van der Waals surface area (Å²) in [7, 11) is 0. The number of piperidine rings is 1. The standard InChI is InChI=1S/C31H31ClN4O2/c1-2-18-37-26-10-7-23(8-11-26)31-35-34-28(38-31)20-36-16-13-21(14-17-36)29-27-12-9-25(32)19-24(27)6-5-22-4-3-15-33-30(22)29/h3-4,7-12,15,19H,2,5-6,13-14,16-18,20H2,1H3. The first-order valence-corrected chi connectivity index (χ1v) is 13.8. The van der Waals surface area contributed by atoms with Gasteiger partial charge in [0.05, 0.1) is 18.8 Å².